The number of hydrogen-bond acceptors (Lipinski definition) is 5. The Hall–Kier alpha value is -3.17. The van der Waals surface area contributed by atoms with Crippen LogP contribution in [0.1, 0.15) is 20.3 Å². The Bertz CT molecular complexity index is 967. The van der Waals surface area contributed by atoms with E-state index in [2.05, 4.69) is 15.6 Å². The van der Waals surface area contributed by atoms with Gasteiger partial charge in [-0.25, -0.2) is 9.78 Å². The van der Waals surface area contributed by atoms with Crippen LogP contribution in [0.4, 0.5) is 22.0 Å². The summed E-state index contributed by atoms with van der Waals surface area (Å²) in [6.45, 7) is 4.15. The topological polar surface area (TPSA) is 104 Å². The Morgan fingerprint density at radius 3 is 2.47 bits per heavy atom. The Morgan fingerprint density at radius 2 is 1.91 bits per heavy atom. The van der Waals surface area contributed by atoms with Crippen molar-refractivity contribution in [3.63, 3.8) is 0 Å². The number of carbonyl (C=O) groups excluding carboxylic acids is 3. The molecule has 1 aliphatic rings. The summed E-state index contributed by atoms with van der Waals surface area (Å²) in [7, 11) is 1.55. The molecule has 1 aliphatic heterocycles. The van der Waals surface area contributed by atoms with Gasteiger partial charge in [-0.1, -0.05) is 11.6 Å². The van der Waals surface area contributed by atoms with Crippen LogP contribution in [0.25, 0.3) is 0 Å². The summed E-state index contributed by atoms with van der Waals surface area (Å²) in [6, 6.07) is 8.92. The zero-order valence-electron chi connectivity index (χ0n) is 18.2. The molecule has 1 fully saturated rings. The van der Waals surface area contributed by atoms with Gasteiger partial charge < -0.3 is 25.2 Å². The molecule has 0 spiro atoms. The molecule has 2 heterocycles. The van der Waals surface area contributed by atoms with Crippen LogP contribution in [0, 0.1) is 0 Å². The molecule has 2 aromatic rings. The fraction of sp³-hybridized carbons (Fsp3) is 0.364. The summed E-state index contributed by atoms with van der Waals surface area (Å²) >= 11 is 5.89. The number of rotatable bonds is 6. The highest BCUT2D eigenvalue weighted by molar-refractivity contribution is 6.30. The average molecular weight is 460 g/mol. The third-order valence-electron chi connectivity index (χ3n) is 5.26. The molecule has 10 heteroatoms. The number of nitrogens with one attached hydrogen (secondary N) is 2. The second-order valence-electron chi connectivity index (χ2n) is 7.35. The van der Waals surface area contributed by atoms with Gasteiger partial charge in [-0.2, -0.15) is 0 Å². The van der Waals surface area contributed by atoms with Crippen LogP contribution in [0.3, 0.4) is 0 Å². The minimum absolute atomic E-state index is 0.0926. The van der Waals surface area contributed by atoms with Gasteiger partial charge in [0.2, 0.25) is 11.8 Å². The maximum Gasteiger partial charge on any atom is 0.322 e. The van der Waals surface area contributed by atoms with Crippen LogP contribution < -0.4 is 15.5 Å². The predicted molar refractivity (Wildman–Crippen MR) is 123 cm³/mol. The molecule has 170 valence electrons. The van der Waals surface area contributed by atoms with E-state index in [9.17, 15) is 14.4 Å². The molecule has 2 atom stereocenters. The smallest absolute Gasteiger partial charge is 0.322 e. The minimum atomic E-state index is -0.724. The molecule has 0 radical (unpaired) electrons. The minimum Gasteiger partial charge on any atom is -0.380 e. The number of hydrogen-bond donors (Lipinski definition) is 2. The molecule has 32 heavy (non-hydrogen) atoms. The first kappa shape index (κ1) is 23.5. The second kappa shape index (κ2) is 10.4. The van der Waals surface area contributed by atoms with Gasteiger partial charge >= 0.3 is 6.03 Å². The number of carbonyl (C=O) groups is 3. The van der Waals surface area contributed by atoms with Gasteiger partial charge in [0.25, 0.3) is 0 Å². The summed E-state index contributed by atoms with van der Waals surface area (Å²) in [5, 5.41) is 6.09. The lowest BCUT2D eigenvalue weighted by atomic mass is 10.2. The van der Waals surface area contributed by atoms with Crippen LogP contribution in [-0.2, 0) is 14.3 Å². The van der Waals surface area contributed by atoms with Crippen molar-refractivity contribution in [2.75, 3.05) is 35.7 Å². The lowest BCUT2D eigenvalue weighted by Crippen LogP contribution is -2.45. The normalized spacial score (nSPS) is 17.7. The van der Waals surface area contributed by atoms with Crippen molar-refractivity contribution in [2.45, 2.75) is 32.4 Å². The number of urea groups is 1. The Balaban J connectivity index is 1.69. The largest absolute Gasteiger partial charge is 0.380 e. The third-order valence-corrected chi connectivity index (χ3v) is 5.51. The highest BCUT2D eigenvalue weighted by Crippen LogP contribution is 2.24. The quantitative estimate of drug-likeness (QED) is 0.689. The zero-order valence-corrected chi connectivity index (χ0v) is 18.9. The van der Waals surface area contributed by atoms with Crippen molar-refractivity contribution in [3.8, 4) is 0 Å². The molecule has 1 aromatic carbocycles. The molecule has 0 unspecified atom stereocenters. The van der Waals surface area contributed by atoms with Crippen molar-refractivity contribution in [1.29, 1.82) is 0 Å². The molecule has 0 bridgehead atoms. The van der Waals surface area contributed by atoms with Crippen molar-refractivity contribution < 1.29 is 19.1 Å². The highest BCUT2D eigenvalue weighted by atomic mass is 35.5. The zero-order chi connectivity index (χ0) is 23.3. The average Bonchev–Trinajstić information content (AvgIpc) is 3.22. The lowest BCUT2D eigenvalue weighted by molar-refractivity contribution is -0.119. The number of nitrogens with zero attached hydrogens (tertiary/aromatic N) is 3. The van der Waals surface area contributed by atoms with E-state index in [1.807, 2.05) is 6.92 Å². The Kier molecular flexibility index (Phi) is 7.66. The number of halogens is 1. The van der Waals surface area contributed by atoms with Crippen molar-refractivity contribution in [3.05, 3.63) is 47.6 Å². The standard InChI is InChI=1S/C22H26ClN5O4/c1-4-27(14(2)29)17-9-10-20(24-12-17)26-21(30)19-11-18(32-3)13-28(19)22(31)25-16-7-5-15(23)6-8-16/h5-10,12,18-19H,4,11,13H2,1-3H3,(H,25,31)(H,24,26,30)/t18-,19-/m1/s1. The summed E-state index contributed by atoms with van der Waals surface area (Å²) in [5.41, 5.74) is 1.21. The molecular weight excluding hydrogens is 434 g/mol. The van der Waals surface area contributed by atoms with E-state index in [1.54, 1.807) is 48.4 Å². The van der Waals surface area contributed by atoms with Gasteiger partial charge in [-0.15, -0.1) is 0 Å². The highest BCUT2D eigenvalue weighted by Gasteiger charge is 2.40. The fourth-order valence-corrected chi connectivity index (χ4v) is 3.71. The van der Waals surface area contributed by atoms with E-state index in [4.69, 9.17) is 16.3 Å². The number of benzene rings is 1. The van der Waals surface area contributed by atoms with Crippen LogP contribution in [0.15, 0.2) is 42.6 Å². The van der Waals surface area contributed by atoms with Gasteiger partial charge in [0.05, 0.1) is 18.0 Å². The number of amides is 4. The number of pyridine rings is 1. The number of anilines is 3. The van der Waals surface area contributed by atoms with Crippen molar-refractivity contribution in [1.82, 2.24) is 9.88 Å². The molecule has 0 saturated carbocycles. The van der Waals surface area contributed by atoms with Gasteiger partial charge in [-0.05, 0) is 43.3 Å². The monoisotopic (exact) mass is 459 g/mol. The molecule has 1 aromatic heterocycles. The maximum absolute atomic E-state index is 13.0. The van der Waals surface area contributed by atoms with Gasteiger partial charge in [-0.3, -0.25) is 9.59 Å². The van der Waals surface area contributed by atoms with E-state index in [-0.39, 0.29) is 24.5 Å². The summed E-state index contributed by atoms with van der Waals surface area (Å²) in [5.74, 6) is -0.128. The fourth-order valence-electron chi connectivity index (χ4n) is 3.59. The number of ether oxygens (including phenoxy) is 1. The number of methoxy groups -OCH3 is 1. The van der Waals surface area contributed by atoms with Crippen LogP contribution in [0.2, 0.25) is 5.02 Å². The molecule has 3 rings (SSSR count). The summed E-state index contributed by atoms with van der Waals surface area (Å²) in [4.78, 5) is 44.7. The third kappa shape index (κ3) is 5.54. The SMILES string of the molecule is CCN(C(C)=O)c1ccc(NC(=O)[C@H]2C[C@@H](OC)CN2C(=O)Nc2ccc(Cl)cc2)nc1. The van der Waals surface area contributed by atoms with Gasteiger partial charge in [0, 0.05) is 44.3 Å². The molecule has 0 aliphatic carbocycles. The van der Waals surface area contributed by atoms with Crippen LogP contribution >= 0.6 is 11.6 Å². The van der Waals surface area contributed by atoms with Gasteiger partial charge in [0.1, 0.15) is 11.9 Å². The second-order valence-corrected chi connectivity index (χ2v) is 7.79. The van der Waals surface area contributed by atoms with E-state index in [0.29, 0.717) is 35.2 Å². The van der Waals surface area contributed by atoms with Crippen LogP contribution in [-0.4, -0.2) is 60.1 Å². The van der Waals surface area contributed by atoms with Crippen molar-refractivity contribution in [2.24, 2.45) is 0 Å². The Morgan fingerprint density at radius 1 is 1.19 bits per heavy atom. The molecular formula is C22H26ClN5O4. The van der Waals surface area contributed by atoms with E-state index >= 15 is 0 Å². The first-order chi connectivity index (χ1) is 15.3. The summed E-state index contributed by atoms with van der Waals surface area (Å²) in [6.07, 6.45) is 1.63. The molecule has 1 saturated heterocycles. The predicted octanol–water partition coefficient (Wildman–Crippen LogP) is 3.37. The first-order valence-electron chi connectivity index (χ1n) is 10.2. The first-order valence-corrected chi connectivity index (χ1v) is 10.6. The maximum atomic E-state index is 13.0. The molecule has 2 N–H and O–H groups in total. The number of likely N-dealkylation sites (tertiary alicyclic amines) is 1. The van der Waals surface area contributed by atoms with E-state index in [1.165, 1.54) is 18.0 Å². The lowest BCUT2D eigenvalue weighted by Gasteiger charge is -2.24. The van der Waals surface area contributed by atoms with Crippen molar-refractivity contribution >= 4 is 46.6 Å². The molecule has 9 nitrogen and oxygen atoms in total. The van der Waals surface area contributed by atoms with Crippen LogP contribution in [0.5, 0.6) is 0 Å². The summed E-state index contributed by atoms with van der Waals surface area (Å²) < 4.78 is 5.39. The van der Waals surface area contributed by atoms with Gasteiger partial charge in [0.15, 0.2) is 0 Å². The Labute approximate surface area is 191 Å². The van der Waals surface area contributed by atoms with E-state index < -0.39 is 12.1 Å². The van der Waals surface area contributed by atoms with E-state index in [0.717, 1.165) is 0 Å². The molecule has 4 amide bonds. The number of aromatic nitrogens is 1.